The smallest absolute Gasteiger partial charge is 0.241 e. The van der Waals surface area contributed by atoms with Crippen molar-refractivity contribution in [1.29, 1.82) is 0 Å². The lowest BCUT2D eigenvalue weighted by Crippen LogP contribution is -2.35. The van der Waals surface area contributed by atoms with E-state index in [0.717, 1.165) is 27.4 Å². The number of carbonyl (C=O) groups excluding carboxylic acids is 1. The van der Waals surface area contributed by atoms with Crippen molar-refractivity contribution in [1.82, 2.24) is 5.32 Å². The average Bonchev–Trinajstić information content (AvgIpc) is 3.52. The summed E-state index contributed by atoms with van der Waals surface area (Å²) in [5, 5.41) is 19.3. The van der Waals surface area contributed by atoms with Gasteiger partial charge in [-0.3, -0.25) is 4.79 Å². The predicted octanol–water partition coefficient (Wildman–Crippen LogP) is 5.83. The number of phenolic OH excluding ortho intramolecular Hbond substituents is 1. The van der Waals surface area contributed by atoms with E-state index in [1.165, 1.54) is 0 Å². The van der Waals surface area contributed by atoms with Crippen LogP contribution < -0.4 is 21.1 Å². The minimum Gasteiger partial charge on any atom is -0.507 e. The Morgan fingerprint density at radius 2 is 1.71 bits per heavy atom. The molecule has 5 N–H and O–H groups in total. The van der Waals surface area contributed by atoms with Crippen molar-refractivity contribution in [3.05, 3.63) is 69.9 Å². The van der Waals surface area contributed by atoms with Crippen LogP contribution >= 0.6 is 11.3 Å². The number of ether oxygens (including phenoxy) is 1. The number of hydrogen-bond acceptors (Lipinski definition) is 6. The maximum atomic E-state index is 13.1. The number of amides is 1. The maximum Gasteiger partial charge on any atom is 0.241 e. The molecule has 1 amide bonds. The first-order chi connectivity index (χ1) is 17.8. The van der Waals surface area contributed by atoms with Crippen molar-refractivity contribution in [2.75, 3.05) is 11.9 Å². The summed E-state index contributed by atoms with van der Waals surface area (Å²) in [5.74, 6) is 1.38. The molecule has 1 saturated heterocycles. The fourth-order valence-electron chi connectivity index (χ4n) is 4.48. The molecule has 202 valence electrons. The number of phenols is 1. The van der Waals surface area contributed by atoms with Crippen molar-refractivity contribution in [3.63, 3.8) is 0 Å². The minimum absolute atomic E-state index is 0.116. The van der Waals surface area contributed by atoms with Crippen LogP contribution in [0.1, 0.15) is 64.0 Å². The molecule has 0 bridgehead atoms. The molecule has 1 aliphatic heterocycles. The third-order valence-corrected chi connectivity index (χ3v) is 7.46. The van der Waals surface area contributed by atoms with E-state index >= 15 is 0 Å². The lowest BCUT2D eigenvalue weighted by Gasteiger charge is -2.28. The molecule has 1 aromatic heterocycles. The Balaban J connectivity index is 1.39. The molecule has 0 aliphatic carbocycles. The van der Waals surface area contributed by atoms with Gasteiger partial charge in [0.05, 0.1) is 16.6 Å². The highest BCUT2D eigenvalue weighted by Gasteiger charge is 2.32. The molecule has 2 heterocycles. The van der Waals surface area contributed by atoms with E-state index in [0.29, 0.717) is 30.2 Å². The minimum atomic E-state index is -0.376. The van der Waals surface area contributed by atoms with Gasteiger partial charge in [0.15, 0.2) is 0 Å². The normalized spacial score (nSPS) is 18.4. The fourth-order valence-corrected chi connectivity index (χ4v) is 5.11. The van der Waals surface area contributed by atoms with Gasteiger partial charge in [0, 0.05) is 29.8 Å². The summed E-state index contributed by atoms with van der Waals surface area (Å²) in [5.41, 5.74) is 8.59. The summed E-state index contributed by atoms with van der Waals surface area (Å²) in [4.78, 5) is 18.5. The van der Waals surface area contributed by atoms with E-state index in [9.17, 15) is 9.90 Å². The zero-order valence-electron chi connectivity index (χ0n) is 23.0. The molecule has 0 unspecified atom stereocenters. The highest BCUT2D eigenvalue weighted by Crippen LogP contribution is 2.41. The maximum absolute atomic E-state index is 13.1. The van der Waals surface area contributed by atoms with Crippen molar-refractivity contribution in [2.45, 2.75) is 70.9 Å². The van der Waals surface area contributed by atoms with Crippen molar-refractivity contribution in [2.24, 2.45) is 10.7 Å². The number of nitrogens with one attached hydrogen (secondary N) is 2. The van der Waals surface area contributed by atoms with E-state index in [2.05, 4.69) is 57.2 Å². The first-order valence-electron chi connectivity index (χ1n) is 12.9. The lowest BCUT2D eigenvalue weighted by atomic mass is 9.79. The monoisotopic (exact) mass is 534 g/mol. The van der Waals surface area contributed by atoms with Gasteiger partial charge in [-0.1, -0.05) is 47.6 Å². The number of carbonyl (C=O) groups is 1. The number of anilines is 1. The number of aromatic hydroxyl groups is 1. The first kappa shape index (κ1) is 27.7. The molecule has 8 heteroatoms. The van der Waals surface area contributed by atoms with Crippen LogP contribution in [0.15, 0.2) is 58.9 Å². The van der Waals surface area contributed by atoms with Crippen LogP contribution in [0.3, 0.4) is 0 Å². The molecule has 1 aliphatic rings. The summed E-state index contributed by atoms with van der Waals surface area (Å²) >= 11 is 1.55. The summed E-state index contributed by atoms with van der Waals surface area (Å²) in [6.45, 7) is 12.9. The Morgan fingerprint density at radius 1 is 1.08 bits per heavy atom. The van der Waals surface area contributed by atoms with Crippen LogP contribution in [0, 0.1) is 0 Å². The third kappa shape index (κ3) is 6.55. The Bertz CT molecular complexity index is 1270. The summed E-state index contributed by atoms with van der Waals surface area (Å²) in [6.07, 6.45) is 0.416. The molecular weight excluding hydrogens is 496 g/mol. The molecule has 1 fully saturated rings. The number of rotatable bonds is 6. The highest BCUT2D eigenvalue weighted by atomic mass is 32.1. The standard InChI is InChI=1S/C30H38N4O3S/c1-29(2,3)22-14-19(15-23(26(22)35)30(4,5)6)34-28(36)24-16-21(17-32-24)37-20-11-9-18(10-12-20)33-27(31)25-8-7-13-38-25/h7-15,21,24,32,35H,16-17H2,1-6H3,(H2,31,33)(H,34,36)/t21-,24+/m0/s1. The Morgan fingerprint density at radius 3 is 2.26 bits per heavy atom. The largest absolute Gasteiger partial charge is 0.507 e. The lowest BCUT2D eigenvalue weighted by molar-refractivity contribution is -0.117. The van der Waals surface area contributed by atoms with Gasteiger partial charge in [0.1, 0.15) is 23.4 Å². The number of nitrogens with two attached hydrogens (primary N) is 1. The van der Waals surface area contributed by atoms with E-state index < -0.39 is 0 Å². The second-order valence-corrected chi connectivity index (χ2v) is 12.8. The molecule has 38 heavy (non-hydrogen) atoms. The van der Waals surface area contributed by atoms with E-state index in [1.807, 2.05) is 53.9 Å². The zero-order valence-corrected chi connectivity index (χ0v) is 23.8. The van der Waals surface area contributed by atoms with Crippen LogP contribution in [0.25, 0.3) is 0 Å². The Hall–Kier alpha value is -3.36. The summed E-state index contributed by atoms with van der Waals surface area (Å²) in [6, 6.07) is 14.7. The summed E-state index contributed by atoms with van der Waals surface area (Å²) < 4.78 is 6.13. The van der Waals surface area contributed by atoms with Crippen LogP contribution in [0.4, 0.5) is 11.4 Å². The second kappa shape index (κ2) is 10.8. The number of hydrogen-bond donors (Lipinski definition) is 4. The number of aliphatic imine (C=N–C) groups is 1. The van der Waals surface area contributed by atoms with Crippen LogP contribution in [-0.2, 0) is 15.6 Å². The predicted molar refractivity (Wildman–Crippen MR) is 156 cm³/mol. The van der Waals surface area contributed by atoms with Gasteiger partial charge in [-0.2, -0.15) is 0 Å². The average molecular weight is 535 g/mol. The second-order valence-electron chi connectivity index (χ2n) is 11.8. The topological polar surface area (TPSA) is 109 Å². The molecule has 3 aromatic rings. The molecule has 0 spiro atoms. The quantitative estimate of drug-likeness (QED) is 0.181. The third-order valence-electron chi connectivity index (χ3n) is 6.56. The number of thiophene rings is 1. The highest BCUT2D eigenvalue weighted by molar-refractivity contribution is 7.12. The van der Waals surface area contributed by atoms with Crippen molar-refractivity contribution in [3.8, 4) is 11.5 Å². The molecule has 0 saturated carbocycles. The van der Waals surface area contributed by atoms with E-state index in [-0.39, 0.29) is 28.9 Å². The molecular formula is C30H38N4O3S. The fraction of sp³-hybridized carbons (Fsp3) is 0.400. The first-order valence-corrected chi connectivity index (χ1v) is 13.8. The van der Waals surface area contributed by atoms with Gasteiger partial charge in [0.2, 0.25) is 5.91 Å². The van der Waals surface area contributed by atoms with Gasteiger partial charge >= 0.3 is 0 Å². The molecule has 0 radical (unpaired) electrons. The van der Waals surface area contributed by atoms with Gasteiger partial charge in [-0.25, -0.2) is 4.99 Å². The van der Waals surface area contributed by atoms with Crippen molar-refractivity contribution >= 4 is 34.5 Å². The van der Waals surface area contributed by atoms with Crippen molar-refractivity contribution < 1.29 is 14.6 Å². The van der Waals surface area contributed by atoms with Crippen LogP contribution in [0.2, 0.25) is 0 Å². The van der Waals surface area contributed by atoms with Crippen LogP contribution in [0.5, 0.6) is 11.5 Å². The SMILES string of the molecule is CC(C)(C)c1cc(NC(=O)[C@H]2C[C@H](Oc3ccc(N=C(N)c4cccs4)cc3)CN2)cc(C(C)(C)C)c1O. The van der Waals surface area contributed by atoms with Crippen LogP contribution in [-0.4, -0.2) is 35.5 Å². The number of nitrogens with zero attached hydrogens (tertiary/aromatic N) is 1. The van der Waals surface area contributed by atoms with Gasteiger partial charge in [0.25, 0.3) is 0 Å². The molecule has 2 atom stereocenters. The van der Waals surface area contributed by atoms with E-state index in [4.69, 9.17) is 10.5 Å². The Kier molecular flexibility index (Phi) is 7.85. The van der Waals surface area contributed by atoms with Gasteiger partial charge in [-0.05, 0) is 58.7 Å². The van der Waals surface area contributed by atoms with E-state index in [1.54, 1.807) is 11.3 Å². The van der Waals surface area contributed by atoms with Gasteiger partial charge in [-0.15, -0.1) is 11.3 Å². The Labute approximate surface area is 229 Å². The molecule has 4 rings (SSSR count). The molecule has 7 nitrogen and oxygen atoms in total. The number of benzene rings is 2. The molecule has 2 aromatic carbocycles. The summed E-state index contributed by atoms with van der Waals surface area (Å²) in [7, 11) is 0. The number of amidine groups is 1. The zero-order chi connectivity index (χ0) is 27.7. The van der Waals surface area contributed by atoms with Gasteiger partial charge < -0.3 is 26.2 Å².